The fourth-order valence-electron chi connectivity index (χ4n) is 2.09. The lowest BCUT2D eigenvalue weighted by Crippen LogP contribution is -2.19. The van der Waals surface area contributed by atoms with Crippen molar-refractivity contribution in [3.63, 3.8) is 0 Å². The molecule has 0 saturated heterocycles. The second-order valence-corrected chi connectivity index (χ2v) is 5.56. The van der Waals surface area contributed by atoms with Crippen LogP contribution >= 0.6 is 11.3 Å². The van der Waals surface area contributed by atoms with Gasteiger partial charge >= 0.3 is 0 Å². The van der Waals surface area contributed by atoms with Crippen LogP contribution in [0.4, 0.5) is 0 Å². The molecule has 0 saturated carbocycles. The summed E-state index contributed by atoms with van der Waals surface area (Å²) in [6.45, 7) is 2.57. The highest BCUT2D eigenvalue weighted by molar-refractivity contribution is 7.12. The molecule has 0 aliphatic rings. The lowest BCUT2D eigenvalue weighted by Gasteiger charge is -2.20. The molecule has 2 unspecified atom stereocenters. The monoisotopic (exact) mass is 261 g/mol. The van der Waals surface area contributed by atoms with Crippen LogP contribution in [0.2, 0.25) is 0 Å². The van der Waals surface area contributed by atoms with Crippen molar-refractivity contribution in [3.05, 3.63) is 57.8 Å². The third-order valence-corrected chi connectivity index (χ3v) is 4.49. The fourth-order valence-corrected chi connectivity index (χ4v) is 3.09. The van der Waals surface area contributed by atoms with E-state index in [9.17, 15) is 5.11 Å². The Bertz CT molecular complexity index is 480. The van der Waals surface area contributed by atoms with Gasteiger partial charge in [0.1, 0.15) is 0 Å². The highest BCUT2D eigenvalue weighted by Crippen LogP contribution is 2.34. The van der Waals surface area contributed by atoms with Crippen LogP contribution in [-0.4, -0.2) is 11.7 Å². The van der Waals surface area contributed by atoms with Gasteiger partial charge in [-0.1, -0.05) is 37.3 Å². The number of rotatable bonds is 5. The number of aliphatic hydroxyl groups excluding tert-OH is 1. The van der Waals surface area contributed by atoms with E-state index in [1.54, 1.807) is 11.3 Å². The Labute approximate surface area is 112 Å². The molecular formula is C15H19NOS. The molecule has 2 aromatic rings. The van der Waals surface area contributed by atoms with E-state index in [1.165, 1.54) is 4.88 Å². The molecule has 2 nitrogen and oxygen atoms in total. The molecule has 2 atom stereocenters. The van der Waals surface area contributed by atoms with Gasteiger partial charge in [0, 0.05) is 22.2 Å². The molecule has 3 N–H and O–H groups in total. The summed E-state index contributed by atoms with van der Waals surface area (Å²) in [5, 5.41) is 10.5. The van der Waals surface area contributed by atoms with Gasteiger partial charge in [0.15, 0.2) is 0 Å². The van der Waals surface area contributed by atoms with Crippen molar-refractivity contribution in [2.75, 3.05) is 6.54 Å². The molecule has 0 amide bonds. The molecule has 0 aliphatic heterocycles. The zero-order chi connectivity index (χ0) is 13.0. The van der Waals surface area contributed by atoms with E-state index in [-0.39, 0.29) is 5.92 Å². The molecule has 0 radical (unpaired) electrons. The van der Waals surface area contributed by atoms with Gasteiger partial charge in [0.05, 0.1) is 6.10 Å². The first-order valence-corrected chi connectivity index (χ1v) is 7.09. The van der Waals surface area contributed by atoms with E-state index >= 15 is 0 Å². The average molecular weight is 261 g/mol. The molecule has 1 heterocycles. The number of aliphatic hydroxyl groups is 1. The number of aryl methyl sites for hydroxylation is 1. The van der Waals surface area contributed by atoms with Crippen molar-refractivity contribution in [2.45, 2.75) is 25.4 Å². The van der Waals surface area contributed by atoms with Gasteiger partial charge in [-0.05, 0) is 24.1 Å². The predicted molar refractivity (Wildman–Crippen MR) is 76.9 cm³/mol. The molecule has 0 spiro atoms. The van der Waals surface area contributed by atoms with E-state index in [0.717, 1.165) is 16.9 Å². The van der Waals surface area contributed by atoms with Crippen molar-refractivity contribution in [1.82, 2.24) is 0 Å². The summed E-state index contributed by atoms with van der Waals surface area (Å²) in [6, 6.07) is 14.1. The second-order valence-electron chi connectivity index (χ2n) is 4.36. The van der Waals surface area contributed by atoms with Crippen LogP contribution in [0, 0.1) is 0 Å². The first-order valence-electron chi connectivity index (χ1n) is 6.28. The third-order valence-electron chi connectivity index (χ3n) is 3.19. The first-order chi connectivity index (χ1) is 8.76. The average Bonchev–Trinajstić information content (AvgIpc) is 2.89. The van der Waals surface area contributed by atoms with E-state index in [2.05, 4.69) is 13.0 Å². The summed E-state index contributed by atoms with van der Waals surface area (Å²) in [5.74, 6) is -0.0328. The second kappa shape index (κ2) is 6.14. The largest absolute Gasteiger partial charge is 0.387 e. The van der Waals surface area contributed by atoms with Gasteiger partial charge < -0.3 is 10.8 Å². The summed E-state index contributed by atoms with van der Waals surface area (Å²) in [7, 11) is 0. The van der Waals surface area contributed by atoms with E-state index in [4.69, 9.17) is 5.73 Å². The zero-order valence-corrected chi connectivity index (χ0v) is 11.4. The maximum Gasteiger partial charge on any atom is 0.0962 e. The summed E-state index contributed by atoms with van der Waals surface area (Å²) in [5.41, 5.74) is 6.92. The van der Waals surface area contributed by atoms with Crippen LogP contribution in [0.1, 0.15) is 34.3 Å². The number of benzene rings is 1. The Balaban J connectivity index is 2.22. The quantitative estimate of drug-likeness (QED) is 0.869. The van der Waals surface area contributed by atoms with Crippen LogP contribution in [0.25, 0.3) is 0 Å². The highest BCUT2D eigenvalue weighted by Gasteiger charge is 2.22. The maximum atomic E-state index is 10.5. The van der Waals surface area contributed by atoms with Crippen molar-refractivity contribution >= 4 is 11.3 Å². The van der Waals surface area contributed by atoms with Crippen molar-refractivity contribution in [2.24, 2.45) is 5.73 Å². The van der Waals surface area contributed by atoms with Gasteiger partial charge in [-0.15, -0.1) is 11.3 Å². The molecule has 0 aliphatic carbocycles. The molecule has 1 aromatic carbocycles. The summed E-state index contributed by atoms with van der Waals surface area (Å²) < 4.78 is 0. The standard InChI is InChI=1S/C15H19NOS/c1-2-12-8-9-14(18-12)15(17)13(10-16)11-6-4-3-5-7-11/h3-9,13,15,17H,2,10,16H2,1H3. The number of thiophene rings is 1. The van der Waals surface area contributed by atoms with Crippen LogP contribution in [0.15, 0.2) is 42.5 Å². The lowest BCUT2D eigenvalue weighted by atomic mass is 9.92. The maximum absolute atomic E-state index is 10.5. The Hall–Kier alpha value is -1.16. The normalized spacial score (nSPS) is 14.4. The molecule has 96 valence electrons. The Kier molecular flexibility index (Phi) is 4.53. The Morgan fingerprint density at radius 2 is 1.89 bits per heavy atom. The lowest BCUT2D eigenvalue weighted by molar-refractivity contribution is 0.151. The Morgan fingerprint density at radius 1 is 1.17 bits per heavy atom. The number of nitrogens with two attached hydrogens (primary N) is 1. The minimum absolute atomic E-state index is 0.0328. The summed E-state index contributed by atoms with van der Waals surface area (Å²) >= 11 is 1.67. The van der Waals surface area contributed by atoms with Gasteiger partial charge in [0.2, 0.25) is 0 Å². The minimum atomic E-state index is -0.511. The van der Waals surface area contributed by atoms with Crippen LogP contribution in [-0.2, 0) is 6.42 Å². The van der Waals surface area contributed by atoms with E-state index in [0.29, 0.717) is 6.54 Å². The van der Waals surface area contributed by atoms with E-state index < -0.39 is 6.10 Å². The zero-order valence-electron chi connectivity index (χ0n) is 10.5. The smallest absolute Gasteiger partial charge is 0.0962 e. The van der Waals surface area contributed by atoms with Crippen LogP contribution < -0.4 is 5.73 Å². The van der Waals surface area contributed by atoms with Gasteiger partial charge in [-0.2, -0.15) is 0 Å². The SMILES string of the molecule is CCc1ccc(C(O)C(CN)c2ccccc2)s1. The highest BCUT2D eigenvalue weighted by atomic mass is 32.1. The molecular weight excluding hydrogens is 242 g/mol. The topological polar surface area (TPSA) is 46.2 Å². The first kappa shape index (κ1) is 13.3. The molecule has 2 rings (SSSR count). The van der Waals surface area contributed by atoms with Crippen molar-refractivity contribution in [1.29, 1.82) is 0 Å². The number of hydrogen-bond acceptors (Lipinski definition) is 3. The predicted octanol–water partition coefficient (Wildman–Crippen LogP) is 3.09. The van der Waals surface area contributed by atoms with Gasteiger partial charge in [-0.25, -0.2) is 0 Å². The van der Waals surface area contributed by atoms with Crippen LogP contribution in [0.5, 0.6) is 0 Å². The van der Waals surface area contributed by atoms with Gasteiger partial charge in [-0.3, -0.25) is 0 Å². The summed E-state index contributed by atoms with van der Waals surface area (Å²) in [4.78, 5) is 2.30. The van der Waals surface area contributed by atoms with E-state index in [1.807, 2.05) is 36.4 Å². The molecule has 3 heteroatoms. The van der Waals surface area contributed by atoms with Crippen molar-refractivity contribution in [3.8, 4) is 0 Å². The fraction of sp³-hybridized carbons (Fsp3) is 0.333. The van der Waals surface area contributed by atoms with Crippen LogP contribution in [0.3, 0.4) is 0 Å². The molecule has 1 aromatic heterocycles. The minimum Gasteiger partial charge on any atom is -0.387 e. The molecule has 0 bridgehead atoms. The van der Waals surface area contributed by atoms with Crippen molar-refractivity contribution < 1.29 is 5.11 Å². The Morgan fingerprint density at radius 3 is 2.44 bits per heavy atom. The molecule has 18 heavy (non-hydrogen) atoms. The summed E-state index contributed by atoms with van der Waals surface area (Å²) in [6.07, 6.45) is 0.499. The number of hydrogen-bond donors (Lipinski definition) is 2. The third kappa shape index (κ3) is 2.80. The molecule has 0 fully saturated rings. The van der Waals surface area contributed by atoms with Gasteiger partial charge in [0.25, 0.3) is 0 Å².